The molecule has 0 fully saturated rings. The minimum Gasteiger partial charge on any atom is -0.306 e. The van der Waals surface area contributed by atoms with E-state index in [1.54, 1.807) is 18.7 Å². The molecule has 1 aromatic heterocycles. The molecule has 0 unspecified atom stereocenters. The summed E-state index contributed by atoms with van der Waals surface area (Å²) in [5, 5.41) is 13.6. The number of nitrogens with zero attached hydrogens (tertiary/aromatic N) is 1. The fourth-order valence-corrected chi connectivity index (χ4v) is 3.50. The second-order valence-corrected chi connectivity index (χ2v) is 8.60. The van der Waals surface area contributed by atoms with Gasteiger partial charge in [-0.2, -0.15) is 0 Å². The highest BCUT2D eigenvalue weighted by Gasteiger charge is 2.20. The Morgan fingerprint density at radius 3 is 2.21 bits per heavy atom. The van der Waals surface area contributed by atoms with Crippen molar-refractivity contribution in [3.8, 4) is 11.1 Å². The Hall–Kier alpha value is -2.59. The number of hydrogen-bond donors (Lipinski definition) is 3. The van der Waals surface area contributed by atoms with Crippen LogP contribution in [-0.2, 0) is 7.05 Å². The zero-order valence-corrected chi connectivity index (χ0v) is 20.4. The lowest BCUT2D eigenvalue weighted by atomic mass is 9.99. The van der Waals surface area contributed by atoms with Gasteiger partial charge in [-0.3, -0.25) is 19.8 Å². The molecule has 9 heteroatoms. The molecule has 2 aromatic carbocycles. The molecule has 0 bridgehead atoms. The van der Waals surface area contributed by atoms with Crippen molar-refractivity contribution in [1.29, 1.82) is 0 Å². The summed E-state index contributed by atoms with van der Waals surface area (Å²) in [5.74, 6) is -1.42. The van der Waals surface area contributed by atoms with Gasteiger partial charge in [-0.05, 0) is 72.3 Å². The maximum absolute atomic E-state index is 14.1. The van der Waals surface area contributed by atoms with Crippen molar-refractivity contribution in [3.63, 3.8) is 0 Å². The lowest BCUT2D eigenvalue weighted by molar-refractivity contribution is 0.103. The summed E-state index contributed by atoms with van der Waals surface area (Å²) in [6.07, 6.45) is 4.48. The Morgan fingerprint density at radius 1 is 1.06 bits per heavy atom. The second kappa shape index (κ2) is 13.2. The van der Waals surface area contributed by atoms with E-state index in [-0.39, 0.29) is 5.56 Å². The van der Waals surface area contributed by atoms with Gasteiger partial charge in [0.15, 0.2) is 0 Å². The number of rotatable bonds is 6. The molecule has 0 amide bonds. The van der Waals surface area contributed by atoms with Crippen LogP contribution < -0.4 is 10.3 Å². The van der Waals surface area contributed by atoms with Crippen molar-refractivity contribution in [3.05, 3.63) is 89.2 Å². The highest BCUT2D eigenvalue weighted by molar-refractivity contribution is 7.97. The molecule has 0 saturated carbocycles. The van der Waals surface area contributed by atoms with Gasteiger partial charge >= 0.3 is 0 Å². The highest BCUT2D eigenvalue weighted by atomic mass is 32.2. The number of carbonyl (C=O) groups is 1. The van der Waals surface area contributed by atoms with E-state index in [0.717, 1.165) is 45.9 Å². The summed E-state index contributed by atoms with van der Waals surface area (Å²) in [5.41, 5.74) is 1.93. The third-order valence-corrected chi connectivity index (χ3v) is 5.81. The molecule has 33 heavy (non-hydrogen) atoms. The SMILES string of the molecule is CCCSN.Cc1cc(-c2ccc(SN)cc2)cn(C)[nH]cc1C(=O)c1c(F)cccc1F. The number of nitrogens with one attached hydrogen (secondary N) is 1. The van der Waals surface area contributed by atoms with Gasteiger partial charge < -0.3 is 5.10 Å². The molecule has 0 aliphatic carbocycles. The summed E-state index contributed by atoms with van der Waals surface area (Å²) in [7, 11) is 1.76. The van der Waals surface area contributed by atoms with Crippen LogP contribution in [0.2, 0.25) is 0 Å². The van der Waals surface area contributed by atoms with Gasteiger partial charge in [0.2, 0.25) is 5.78 Å². The number of carbonyl (C=O) groups excluding carboxylic acids is 1. The lowest BCUT2D eigenvalue weighted by Gasteiger charge is -2.10. The van der Waals surface area contributed by atoms with Crippen molar-refractivity contribution in [1.82, 2.24) is 9.78 Å². The van der Waals surface area contributed by atoms with Crippen LogP contribution in [0, 0.1) is 18.6 Å². The average molecular weight is 491 g/mol. The molecular weight excluding hydrogens is 462 g/mol. The monoisotopic (exact) mass is 490 g/mol. The van der Waals surface area contributed by atoms with Gasteiger partial charge in [0.25, 0.3) is 0 Å². The summed E-state index contributed by atoms with van der Waals surface area (Å²) < 4.78 is 29.8. The topological polar surface area (TPSA) is 89.8 Å². The quantitative estimate of drug-likeness (QED) is 0.294. The van der Waals surface area contributed by atoms with E-state index in [0.29, 0.717) is 5.56 Å². The number of aryl methyl sites for hydroxylation is 2. The lowest BCUT2D eigenvalue weighted by Crippen LogP contribution is -2.10. The molecule has 0 aliphatic rings. The average Bonchev–Trinajstić information content (AvgIpc) is 2.78. The number of H-pyrrole nitrogens is 1. The van der Waals surface area contributed by atoms with Crippen LogP contribution >= 0.6 is 23.9 Å². The first-order chi connectivity index (χ1) is 15.8. The molecular formula is C24H28F2N4OS2. The number of benzene rings is 2. The third kappa shape index (κ3) is 7.46. The summed E-state index contributed by atoms with van der Waals surface area (Å²) in [6.45, 7) is 3.84. The molecule has 176 valence electrons. The van der Waals surface area contributed by atoms with Crippen LogP contribution in [0.25, 0.3) is 11.1 Å². The predicted molar refractivity (Wildman–Crippen MR) is 134 cm³/mol. The number of aromatic amines is 1. The van der Waals surface area contributed by atoms with Crippen LogP contribution in [0.5, 0.6) is 0 Å². The van der Waals surface area contributed by atoms with E-state index in [2.05, 4.69) is 12.0 Å². The zero-order chi connectivity index (χ0) is 24.4. The van der Waals surface area contributed by atoms with Crippen molar-refractivity contribution >= 4 is 29.7 Å². The fourth-order valence-electron chi connectivity index (χ4n) is 2.97. The second-order valence-electron chi connectivity index (χ2n) is 7.15. The van der Waals surface area contributed by atoms with Crippen LogP contribution in [0.1, 0.15) is 34.8 Å². The molecule has 0 aliphatic heterocycles. The van der Waals surface area contributed by atoms with Crippen LogP contribution in [0.15, 0.2) is 65.8 Å². The first kappa shape index (κ1) is 26.7. The largest absolute Gasteiger partial charge is 0.306 e. The summed E-state index contributed by atoms with van der Waals surface area (Å²) in [6, 6.07) is 12.8. The maximum atomic E-state index is 14.1. The van der Waals surface area contributed by atoms with Gasteiger partial charge in [0.05, 0.1) is 5.56 Å². The van der Waals surface area contributed by atoms with E-state index in [1.165, 1.54) is 30.6 Å². The van der Waals surface area contributed by atoms with E-state index in [9.17, 15) is 13.6 Å². The molecule has 3 rings (SSSR count). The zero-order valence-electron chi connectivity index (χ0n) is 18.8. The van der Waals surface area contributed by atoms with Crippen LogP contribution in [-0.4, -0.2) is 21.3 Å². The number of nitrogens with two attached hydrogens (primary N) is 2. The van der Waals surface area contributed by atoms with Crippen molar-refractivity contribution < 1.29 is 13.6 Å². The van der Waals surface area contributed by atoms with Crippen LogP contribution in [0.4, 0.5) is 8.78 Å². The molecule has 5 N–H and O–H groups in total. The molecule has 1 heterocycles. The number of ketones is 1. The molecule has 0 spiro atoms. The summed E-state index contributed by atoms with van der Waals surface area (Å²) in [4.78, 5) is 13.8. The van der Waals surface area contributed by atoms with E-state index < -0.39 is 23.0 Å². The molecule has 3 aromatic rings. The minimum absolute atomic E-state index is 0.176. The van der Waals surface area contributed by atoms with Gasteiger partial charge in [-0.25, -0.2) is 8.78 Å². The van der Waals surface area contributed by atoms with Gasteiger partial charge in [-0.1, -0.05) is 37.1 Å². The number of aromatic nitrogens is 2. The van der Waals surface area contributed by atoms with Crippen molar-refractivity contribution in [2.45, 2.75) is 25.2 Å². The maximum Gasteiger partial charge on any atom is 0.200 e. The normalized spacial score (nSPS) is 10.3. The molecule has 0 atom stereocenters. The minimum atomic E-state index is -0.889. The van der Waals surface area contributed by atoms with E-state index in [1.807, 2.05) is 36.5 Å². The predicted octanol–water partition coefficient (Wildman–Crippen LogP) is 5.93. The fraction of sp³-hybridized carbons (Fsp3) is 0.208. The Bertz CT molecular complexity index is 1100. The van der Waals surface area contributed by atoms with Gasteiger partial charge in [-0.15, -0.1) is 0 Å². The van der Waals surface area contributed by atoms with E-state index >= 15 is 0 Å². The molecule has 0 saturated heterocycles. The Balaban J connectivity index is 0.000000696. The first-order valence-corrected chi connectivity index (χ1v) is 12.1. The van der Waals surface area contributed by atoms with Crippen LogP contribution in [0.3, 0.4) is 0 Å². The number of hydrogen-bond acceptors (Lipinski definition) is 5. The molecule has 5 nitrogen and oxygen atoms in total. The van der Waals surface area contributed by atoms with Crippen molar-refractivity contribution in [2.24, 2.45) is 17.3 Å². The standard InChI is InChI=1S/C21H19F2N3OS.C3H9NS/c1-13-10-15(14-6-8-16(28-24)9-7-14)12-26(2)25-11-17(13)21(27)20-18(22)4-3-5-19(20)23;1-2-3-5-4/h3-12,25H,24H2,1-2H3;2-4H2,1H3. The number of halogens is 2. The molecule has 0 radical (unpaired) electrons. The van der Waals surface area contributed by atoms with E-state index in [4.69, 9.17) is 10.3 Å². The van der Waals surface area contributed by atoms with Crippen molar-refractivity contribution in [2.75, 3.05) is 5.75 Å². The first-order valence-electron chi connectivity index (χ1n) is 10.2. The summed E-state index contributed by atoms with van der Waals surface area (Å²) >= 11 is 2.56. The smallest absolute Gasteiger partial charge is 0.200 e. The Morgan fingerprint density at radius 2 is 1.70 bits per heavy atom. The van der Waals surface area contributed by atoms with Gasteiger partial charge in [0, 0.05) is 35.7 Å². The highest BCUT2D eigenvalue weighted by Crippen LogP contribution is 2.24. The van der Waals surface area contributed by atoms with Gasteiger partial charge in [0.1, 0.15) is 11.6 Å². The Kier molecular flexibility index (Phi) is 10.7. The Labute approximate surface area is 201 Å². The third-order valence-electron chi connectivity index (χ3n) is 4.62.